The fourth-order valence-electron chi connectivity index (χ4n) is 9.11. The van der Waals surface area contributed by atoms with E-state index in [1.165, 1.54) is 13.8 Å². The Balaban J connectivity index is 2.41. The highest BCUT2D eigenvalue weighted by Gasteiger charge is 2.41. The molecule has 1 aromatic carbocycles. The predicted molar refractivity (Wildman–Crippen MR) is 324 cm³/mol. The van der Waals surface area contributed by atoms with Crippen LogP contribution in [-0.2, 0) is 68.7 Å². The van der Waals surface area contributed by atoms with Crippen LogP contribution >= 0.6 is 0 Å². The summed E-state index contributed by atoms with van der Waals surface area (Å²) in [4.78, 5) is 169. The Morgan fingerprint density at radius 3 is 1.56 bits per heavy atom. The Morgan fingerprint density at radius 2 is 1.08 bits per heavy atom. The van der Waals surface area contributed by atoms with Gasteiger partial charge in [-0.15, -0.1) is 0 Å². The monoisotopic (exact) mass is 1240 g/mol. The molecule has 16 atom stereocenters. The maximum absolute atomic E-state index is 14.4. The fraction of sp³-hybridized carbons (Fsp3) is 0.672. The van der Waals surface area contributed by atoms with Crippen LogP contribution in [0.15, 0.2) is 35.3 Å². The first-order valence-electron chi connectivity index (χ1n) is 30.0. The third-order valence-corrected chi connectivity index (χ3v) is 15.7. The second-order valence-electron chi connectivity index (χ2n) is 22.4. The smallest absolute Gasteiger partial charge is 0.329 e. The number of cyclic esters (lactones) is 1. The SMILES string of the molecule is CC[C@H](C)[C@H](NC(=O)[C@@H](Cc1ccccc1)NC)C(=O)N[C@@H](CO)C(=O)N[C@H](CCC(N)=O)C(=O)N[C@@H](C(=O)N[C@H](C(=O)N[C@@H](CO)C(=O)NC1C(=O)N[C@@H](C)C(=O)N[C@@H](CCCN=C(N)N)C(=O)N[C@@H]([C@@H](C)CC)C(=O)OC1C)[C@@H](C)CC)[C@@H](C)CC. The number of guanidine groups is 1. The molecule has 0 aliphatic carbocycles. The van der Waals surface area contributed by atoms with Crippen molar-refractivity contribution >= 4 is 76.9 Å². The average Bonchev–Trinajstić information content (AvgIpc) is 3.12. The number of nitrogens with zero attached hydrogens (tertiary/aromatic N) is 1. The van der Waals surface area contributed by atoms with Gasteiger partial charge in [-0.05, 0) is 75.8 Å². The first kappa shape index (κ1) is 76.1. The van der Waals surface area contributed by atoms with Crippen LogP contribution in [-0.4, -0.2) is 186 Å². The van der Waals surface area contributed by atoms with E-state index in [0.717, 1.165) is 5.56 Å². The van der Waals surface area contributed by atoms with Crippen molar-refractivity contribution < 1.29 is 72.5 Å². The Morgan fingerprint density at radius 1 is 0.602 bits per heavy atom. The third kappa shape index (κ3) is 24.3. The minimum atomic E-state index is -1.83. The molecule has 19 N–H and O–H groups in total. The summed E-state index contributed by atoms with van der Waals surface area (Å²) >= 11 is 0. The van der Waals surface area contributed by atoms with Gasteiger partial charge in [-0.1, -0.05) is 111 Å². The second-order valence-corrected chi connectivity index (χ2v) is 22.4. The van der Waals surface area contributed by atoms with Crippen LogP contribution in [0.2, 0.25) is 0 Å². The molecule has 0 radical (unpaired) electrons. The molecule has 494 valence electrons. The molecule has 30 nitrogen and oxygen atoms in total. The highest BCUT2D eigenvalue weighted by molar-refractivity contribution is 5.99. The number of amides is 11. The third-order valence-electron chi connectivity index (χ3n) is 15.7. The number of likely N-dealkylation sites (N-methyl/N-ethyl adjacent to an activating group) is 1. The van der Waals surface area contributed by atoms with Crippen LogP contribution in [0.4, 0.5) is 0 Å². The Bertz CT molecular complexity index is 2560. The lowest BCUT2D eigenvalue weighted by molar-refractivity contribution is -0.157. The molecule has 0 aromatic heterocycles. The molecule has 0 saturated carbocycles. The molecular weight excluding hydrogens is 1150 g/mol. The number of carbonyl (C=O) groups excluding carboxylic acids is 12. The molecule has 30 heteroatoms. The van der Waals surface area contributed by atoms with Crippen LogP contribution < -0.4 is 75.7 Å². The maximum atomic E-state index is 14.4. The highest BCUT2D eigenvalue weighted by Crippen LogP contribution is 2.17. The van der Waals surface area contributed by atoms with Gasteiger partial charge in [0.1, 0.15) is 66.5 Å². The number of rotatable bonds is 34. The number of aliphatic hydroxyl groups excluding tert-OH is 2. The van der Waals surface area contributed by atoms with Gasteiger partial charge < -0.3 is 90.6 Å². The summed E-state index contributed by atoms with van der Waals surface area (Å²) in [5.41, 5.74) is 17.2. The number of benzene rings is 1. The molecule has 1 saturated heterocycles. The largest absolute Gasteiger partial charge is 0.458 e. The van der Waals surface area contributed by atoms with E-state index in [0.29, 0.717) is 19.3 Å². The van der Waals surface area contributed by atoms with Gasteiger partial charge in [-0.2, -0.15) is 0 Å². The molecule has 0 spiro atoms. The molecular formula is C58H97N15O15. The number of hydrogen-bond acceptors (Lipinski definition) is 17. The van der Waals surface area contributed by atoms with Crippen molar-refractivity contribution in [3.63, 3.8) is 0 Å². The molecule has 2 unspecified atom stereocenters. The number of aliphatic imine (C=N–C) groups is 1. The van der Waals surface area contributed by atoms with E-state index in [1.807, 2.05) is 30.3 Å². The van der Waals surface area contributed by atoms with E-state index in [1.54, 1.807) is 62.4 Å². The Kier molecular flexibility index (Phi) is 33.1. The van der Waals surface area contributed by atoms with Gasteiger partial charge in [-0.25, -0.2) is 4.79 Å². The molecule has 1 aliphatic rings. The standard InChI is InChI=1S/C58H97N15O15/c1-12-29(5)42(70-50(80)38(62-11)26-35-20-17-16-18-21-35)53(83)67-39(27-74)51(81)66-37(23-24-41(59)76)49(79)69-44(31(7)14-3)55(85)71-43(30(6)13-2)54(84)68-40(28-75)52(82)73-46-34(10)88-57(87)45(32(8)15-4)72-48(78)36(22-19-25-63-58(60)61)65-47(77)33(9)64-56(46)86/h16-18,20-21,29-34,36-40,42-46,62,74-75H,12-15,19,22-28H2,1-11H3,(H2,59,76)(H,64,86)(H,65,77)(H,66,81)(H,67,83)(H,68,84)(H,69,79)(H,70,80)(H,71,85)(H,72,78)(H,73,82)(H4,60,61,63)/t29-,30-,31-,32-,33-,34?,36-,37+,38+,39-,40-,42-,43-,44+,45-,46?/m0/s1. The summed E-state index contributed by atoms with van der Waals surface area (Å²) in [7, 11) is 1.60. The second kappa shape index (κ2) is 38.3. The van der Waals surface area contributed by atoms with E-state index >= 15 is 0 Å². The van der Waals surface area contributed by atoms with Crippen molar-refractivity contribution in [1.29, 1.82) is 0 Å². The maximum Gasteiger partial charge on any atom is 0.329 e. The van der Waals surface area contributed by atoms with Crippen molar-refractivity contribution in [2.24, 2.45) is 45.9 Å². The van der Waals surface area contributed by atoms with E-state index in [-0.39, 0.29) is 38.2 Å². The summed E-state index contributed by atoms with van der Waals surface area (Å²) in [6, 6.07) is -6.39. The highest BCUT2D eigenvalue weighted by atomic mass is 16.5. The number of primary amides is 1. The zero-order valence-electron chi connectivity index (χ0n) is 52.5. The van der Waals surface area contributed by atoms with Crippen molar-refractivity contribution in [3.05, 3.63) is 35.9 Å². The molecule has 88 heavy (non-hydrogen) atoms. The average molecular weight is 1240 g/mol. The van der Waals surface area contributed by atoms with E-state index in [9.17, 15) is 67.7 Å². The summed E-state index contributed by atoms with van der Waals surface area (Å²) in [5.74, 6) is -13.4. The number of nitrogens with two attached hydrogens (primary N) is 3. The summed E-state index contributed by atoms with van der Waals surface area (Å²) in [5, 5.41) is 49.2. The van der Waals surface area contributed by atoms with Gasteiger partial charge >= 0.3 is 5.97 Å². The molecule has 1 aliphatic heterocycles. The molecule has 1 aromatic rings. The normalized spacial score (nSPS) is 21.0. The lowest BCUT2D eigenvalue weighted by atomic mass is 9.94. The summed E-state index contributed by atoms with van der Waals surface area (Å²) < 4.78 is 5.71. The fourth-order valence-corrected chi connectivity index (χ4v) is 9.11. The first-order chi connectivity index (χ1) is 41.5. The minimum Gasteiger partial charge on any atom is -0.458 e. The van der Waals surface area contributed by atoms with E-state index in [4.69, 9.17) is 21.9 Å². The topological polar surface area (TPSA) is 477 Å². The van der Waals surface area contributed by atoms with Gasteiger partial charge in [0.15, 0.2) is 5.96 Å². The molecule has 2 rings (SSSR count). The van der Waals surface area contributed by atoms with Crippen molar-refractivity contribution in [3.8, 4) is 0 Å². The molecule has 0 bridgehead atoms. The number of nitrogens with one attached hydrogen (secondary N) is 11. The Labute approximate surface area is 514 Å². The minimum absolute atomic E-state index is 0.0239. The van der Waals surface area contributed by atoms with Crippen molar-refractivity contribution in [2.75, 3.05) is 26.8 Å². The zero-order valence-corrected chi connectivity index (χ0v) is 52.5. The van der Waals surface area contributed by atoms with Gasteiger partial charge in [-0.3, -0.25) is 57.7 Å². The van der Waals surface area contributed by atoms with Crippen LogP contribution in [0.1, 0.15) is 126 Å². The number of ether oxygens (including phenoxy) is 1. The predicted octanol–water partition coefficient (Wildman–Crippen LogP) is -3.88. The van der Waals surface area contributed by atoms with Gasteiger partial charge in [0.25, 0.3) is 0 Å². The number of aliphatic hydroxyl groups is 2. The number of hydrogen-bond donors (Lipinski definition) is 16. The molecule has 11 amide bonds. The lowest BCUT2D eigenvalue weighted by Gasteiger charge is -2.31. The molecule has 1 fully saturated rings. The summed E-state index contributed by atoms with van der Waals surface area (Å²) in [6.07, 6.45) is -0.509. The number of esters is 1. The van der Waals surface area contributed by atoms with Gasteiger partial charge in [0.2, 0.25) is 65.0 Å². The quantitative estimate of drug-likeness (QED) is 0.0136. The zero-order chi connectivity index (χ0) is 66.5. The van der Waals surface area contributed by atoms with E-state index < -0.39 is 193 Å². The van der Waals surface area contributed by atoms with Gasteiger partial charge in [0, 0.05) is 13.0 Å². The van der Waals surface area contributed by atoms with Crippen molar-refractivity contribution in [1.82, 2.24) is 58.5 Å². The van der Waals surface area contributed by atoms with E-state index in [2.05, 4.69) is 63.5 Å². The summed E-state index contributed by atoms with van der Waals surface area (Å²) in [6.45, 7) is 14.2. The van der Waals surface area contributed by atoms with Crippen LogP contribution in [0, 0.1) is 23.7 Å². The first-order valence-corrected chi connectivity index (χ1v) is 30.0. The number of carbonyl (C=O) groups is 12. The Hall–Kier alpha value is -7.99. The molecule has 1 heterocycles. The van der Waals surface area contributed by atoms with Crippen LogP contribution in [0.3, 0.4) is 0 Å². The lowest BCUT2D eigenvalue weighted by Crippen LogP contribution is -2.63. The van der Waals surface area contributed by atoms with Crippen LogP contribution in [0.25, 0.3) is 0 Å². The van der Waals surface area contributed by atoms with Crippen molar-refractivity contribution in [2.45, 2.75) is 200 Å². The van der Waals surface area contributed by atoms with Crippen LogP contribution in [0.5, 0.6) is 0 Å². The van der Waals surface area contributed by atoms with Gasteiger partial charge in [0.05, 0.1) is 19.3 Å².